The van der Waals surface area contributed by atoms with E-state index in [1.165, 1.54) is 36.6 Å². The van der Waals surface area contributed by atoms with Crippen LogP contribution in [0.4, 0.5) is 5.82 Å². The fourth-order valence-corrected chi connectivity index (χ4v) is 3.48. The molecule has 0 spiro atoms. The Balaban J connectivity index is 1.55. The standard InChI is InChI=1S/C18H20N4S/c19-9-13-23-18-20-10-6-17(21-18)22-11-7-16(8-12-22)14-15-4-2-1-3-5-15/h1-6,10,16H,7-8,11-14H2. The van der Waals surface area contributed by atoms with Gasteiger partial charge in [0, 0.05) is 19.3 Å². The molecule has 1 aliphatic heterocycles. The lowest BCUT2D eigenvalue weighted by atomic mass is 9.90. The van der Waals surface area contributed by atoms with E-state index >= 15 is 0 Å². The topological polar surface area (TPSA) is 52.8 Å². The molecule has 0 saturated carbocycles. The molecule has 1 aromatic carbocycles. The Hall–Kier alpha value is -2.06. The first-order valence-corrected chi connectivity index (χ1v) is 8.95. The van der Waals surface area contributed by atoms with Gasteiger partial charge in [0.1, 0.15) is 5.82 Å². The summed E-state index contributed by atoms with van der Waals surface area (Å²) in [7, 11) is 0. The second kappa shape index (κ2) is 7.98. The first-order chi connectivity index (χ1) is 11.3. The molecule has 4 nitrogen and oxygen atoms in total. The molecule has 5 heteroatoms. The van der Waals surface area contributed by atoms with Crippen LogP contribution < -0.4 is 4.90 Å². The van der Waals surface area contributed by atoms with Crippen LogP contribution in [-0.2, 0) is 6.42 Å². The van der Waals surface area contributed by atoms with E-state index in [0.717, 1.165) is 24.8 Å². The normalized spacial score (nSPS) is 15.3. The highest BCUT2D eigenvalue weighted by Crippen LogP contribution is 2.25. The van der Waals surface area contributed by atoms with Crippen molar-refractivity contribution in [3.63, 3.8) is 0 Å². The molecule has 2 heterocycles. The van der Waals surface area contributed by atoms with Gasteiger partial charge in [-0.15, -0.1) is 0 Å². The van der Waals surface area contributed by atoms with E-state index in [9.17, 15) is 0 Å². The number of nitrogens with zero attached hydrogens (tertiary/aromatic N) is 4. The van der Waals surface area contributed by atoms with Crippen molar-refractivity contribution in [1.82, 2.24) is 9.97 Å². The predicted octanol–water partition coefficient (Wildman–Crippen LogP) is 3.55. The minimum absolute atomic E-state index is 0.391. The molecular formula is C18H20N4S. The summed E-state index contributed by atoms with van der Waals surface area (Å²) in [4.78, 5) is 11.1. The lowest BCUT2D eigenvalue weighted by Crippen LogP contribution is -2.34. The zero-order chi connectivity index (χ0) is 15.9. The molecule has 0 radical (unpaired) electrons. The molecule has 0 bridgehead atoms. The summed E-state index contributed by atoms with van der Waals surface area (Å²) in [5, 5.41) is 9.35. The SMILES string of the molecule is N#CCSc1nccc(N2CCC(Cc3ccccc3)CC2)n1. The van der Waals surface area contributed by atoms with Crippen molar-refractivity contribution in [2.24, 2.45) is 5.92 Å². The summed E-state index contributed by atoms with van der Waals surface area (Å²) in [5.74, 6) is 2.13. The highest BCUT2D eigenvalue weighted by atomic mass is 32.2. The first kappa shape index (κ1) is 15.8. The van der Waals surface area contributed by atoms with Crippen molar-refractivity contribution < 1.29 is 0 Å². The van der Waals surface area contributed by atoms with Crippen LogP contribution in [-0.4, -0.2) is 28.8 Å². The lowest BCUT2D eigenvalue weighted by Gasteiger charge is -2.33. The summed E-state index contributed by atoms with van der Waals surface area (Å²) in [5.41, 5.74) is 1.43. The molecule has 1 fully saturated rings. The van der Waals surface area contributed by atoms with Crippen LogP contribution in [0.25, 0.3) is 0 Å². The van der Waals surface area contributed by atoms with Crippen molar-refractivity contribution in [3.8, 4) is 6.07 Å². The van der Waals surface area contributed by atoms with Gasteiger partial charge in [-0.1, -0.05) is 42.1 Å². The second-order valence-corrected chi connectivity index (χ2v) is 6.71. The predicted molar refractivity (Wildman–Crippen MR) is 93.5 cm³/mol. The maximum absolute atomic E-state index is 8.66. The van der Waals surface area contributed by atoms with E-state index in [4.69, 9.17) is 5.26 Å². The molecule has 2 aromatic rings. The van der Waals surface area contributed by atoms with Crippen LogP contribution in [0.2, 0.25) is 0 Å². The van der Waals surface area contributed by atoms with Crippen molar-refractivity contribution in [1.29, 1.82) is 5.26 Å². The number of hydrogen-bond acceptors (Lipinski definition) is 5. The molecule has 23 heavy (non-hydrogen) atoms. The maximum Gasteiger partial charge on any atom is 0.190 e. The van der Waals surface area contributed by atoms with Crippen LogP contribution in [0.3, 0.4) is 0 Å². The number of piperidine rings is 1. The average Bonchev–Trinajstić information content (AvgIpc) is 2.62. The fraction of sp³-hybridized carbons (Fsp3) is 0.389. The maximum atomic E-state index is 8.66. The third-order valence-corrected chi connectivity index (χ3v) is 4.92. The Kier molecular flexibility index (Phi) is 5.49. The number of hydrogen-bond donors (Lipinski definition) is 0. The van der Waals surface area contributed by atoms with E-state index in [1.807, 2.05) is 6.07 Å². The summed E-state index contributed by atoms with van der Waals surface area (Å²) in [6.07, 6.45) is 5.35. The van der Waals surface area contributed by atoms with Crippen molar-refractivity contribution in [2.75, 3.05) is 23.7 Å². The number of nitriles is 1. The van der Waals surface area contributed by atoms with E-state index < -0.39 is 0 Å². The molecule has 1 aromatic heterocycles. The quantitative estimate of drug-likeness (QED) is 0.622. The van der Waals surface area contributed by atoms with Gasteiger partial charge in [0.25, 0.3) is 0 Å². The monoisotopic (exact) mass is 324 g/mol. The first-order valence-electron chi connectivity index (χ1n) is 7.97. The molecule has 0 unspecified atom stereocenters. The van der Waals surface area contributed by atoms with Gasteiger partial charge in [-0.2, -0.15) is 5.26 Å². The van der Waals surface area contributed by atoms with Gasteiger partial charge >= 0.3 is 0 Å². The van der Waals surface area contributed by atoms with Gasteiger partial charge in [0.05, 0.1) is 11.8 Å². The van der Waals surface area contributed by atoms with Crippen LogP contribution in [0, 0.1) is 17.2 Å². The van der Waals surface area contributed by atoms with Gasteiger partial charge in [-0.3, -0.25) is 0 Å². The Bertz CT molecular complexity index is 660. The summed E-state index contributed by atoms with van der Waals surface area (Å²) in [6.45, 7) is 2.08. The van der Waals surface area contributed by atoms with Gasteiger partial charge < -0.3 is 4.90 Å². The summed E-state index contributed by atoms with van der Waals surface area (Å²) in [6, 6.07) is 14.8. The number of anilines is 1. The molecule has 0 amide bonds. The molecule has 0 aliphatic carbocycles. The molecule has 0 atom stereocenters. The Morgan fingerprint density at radius 1 is 1.17 bits per heavy atom. The minimum atomic E-state index is 0.391. The van der Waals surface area contributed by atoms with E-state index in [0.29, 0.717) is 10.9 Å². The van der Waals surface area contributed by atoms with Crippen LogP contribution in [0.1, 0.15) is 18.4 Å². The van der Waals surface area contributed by atoms with Crippen molar-refractivity contribution >= 4 is 17.6 Å². The molecule has 3 rings (SSSR count). The van der Waals surface area contributed by atoms with Gasteiger partial charge in [-0.25, -0.2) is 9.97 Å². The highest BCUT2D eigenvalue weighted by Gasteiger charge is 2.20. The highest BCUT2D eigenvalue weighted by molar-refractivity contribution is 7.99. The smallest absolute Gasteiger partial charge is 0.190 e. The van der Waals surface area contributed by atoms with Gasteiger partial charge in [0.15, 0.2) is 5.16 Å². The van der Waals surface area contributed by atoms with E-state index in [-0.39, 0.29) is 0 Å². The van der Waals surface area contributed by atoms with Crippen molar-refractivity contribution in [3.05, 3.63) is 48.2 Å². The molecule has 118 valence electrons. The zero-order valence-electron chi connectivity index (χ0n) is 13.1. The van der Waals surface area contributed by atoms with Gasteiger partial charge in [0.2, 0.25) is 0 Å². The number of benzene rings is 1. The van der Waals surface area contributed by atoms with Crippen LogP contribution >= 0.6 is 11.8 Å². The average molecular weight is 324 g/mol. The van der Waals surface area contributed by atoms with E-state index in [1.54, 1.807) is 6.20 Å². The van der Waals surface area contributed by atoms with E-state index in [2.05, 4.69) is 51.3 Å². The van der Waals surface area contributed by atoms with Gasteiger partial charge in [-0.05, 0) is 36.8 Å². The summed E-state index contributed by atoms with van der Waals surface area (Å²) >= 11 is 1.39. The summed E-state index contributed by atoms with van der Waals surface area (Å²) < 4.78 is 0. The third-order valence-electron chi connectivity index (χ3n) is 4.19. The largest absolute Gasteiger partial charge is 0.356 e. The Morgan fingerprint density at radius 2 is 1.96 bits per heavy atom. The van der Waals surface area contributed by atoms with Crippen molar-refractivity contribution in [2.45, 2.75) is 24.4 Å². The minimum Gasteiger partial charge on any atom is -0.356 e. The second-order valence-electron chi connectivity index (χ2n) is 5.76. The number of thioether (sulfide) groups is 1. The Morgan fingerprint density at radius 3 is 2.70 bits per heavy atom. The molecule has 1 saturated heterocycles. The Labute approximate surface area is 141 Å². The molecular weight excluding hydrogens is 304 g/mol. The van der Waals surface area contributed by atoms with Crippen LogP contribution in [0.15, 0.2) is 47.8 Å². The number of rotatable bonds is 5. The van der Waals surface area contributed by atoms with Crippen LogP contribution in [0.5, 0.6) is 0 Å². The third kappa shape index (κ3) is 4.46. The lowest BCUT2D eigenvalue weighted by molar-refractivity contribution is 0.402. The number of aromatic nitrogens is 2. The molecule has 1 aliphatic rings. The zero-order valence-corrected chi connectivity index (χ0v) is 13.9. The molecule has 0 N–H and O–H groups in total. The fourth-order valence-electron chi connectivity index (χ4n) is 2.99.